The molecule has 1 heterocycles. The zero-order valence-electron chi connectivity index (χ0n) is 23.3. The van der Waals surface area contributed by atoms with Crippen LogP contribution in [0.15, 0.2) is 144 Å². The van der Waals surface area contributed by atoms with Crippen LogP contribution >= 0.6 is 7.92 Å². The van der Waals surface area contributed by atoms with Gasteiger partial charge in [-0.3, -0.25) is 0 Å². The lowest BCUT2D eigenvalue weighted by Crippen LogP contribution is -2.21. The predicted octanol–water partition coefficient (Wildman–Crippen LogP) is 9.81. The summed E-state index contributed by atoms with van der Waals surface area (Å²) >= 11 is 0. The summed E-state index contributed by atoms with van der Waals surface area (Å²) in [5.41, 5.74) is 7.49. The van der Waals surface area contributed by atoms with Crippen molar-refractivity contribution in [3.05, 3.63) is 151 Å². The first kappa shape index (κ1) is 23.6. The Kier molecular flexibility index (Phi) is 4.81. The zero-order chi connectivity index (χ0) is 28.1. The third kappa shape index (κ3) is 3.38. The maximum absolute atomic E-state index is 6.25. The van der Waals surface area contributed by atoms with Crippen molar-refractivity contribution in [3.8, 4) is 11.1 Å². The van der Waals surface area contributed by atoms with E-state index in [1.807, 2.05) is 6.07 Å². The Morgan fingerprint density at radius 3 is 2.07 bits per heavy atom. The molecule has 0 amide bonds. The second-order valence-corrected chi connectivity index (χ2v) is 13.9. The minimum absolute atomic E-state index is 0.870. The summed E-state index contributed by atoms with van der Waals surface area (Å²) in [5.74, 6) is 0. The average molecular weight is 565 g/mol. The summed E-state index contributed by atoms with van der Waals surface area (Å²) in [5, 5.41) is 14.5. The van der Waals surface area contributed by atoms with Crippen LogP contribution in [-0.4, -0.2) is 0 Å². The summed E-state index contributed by atoms with van der Waals surface area (Å²) < 4.78 is 6.25. The molecule has 1 aromatic heterocycles. The van der Waals surface area contributed by atoms with Gasteiger partial charge in [0.25, 0.3) is 0 Å². The van der Waals surface area contributed by atoms with Crippen molar-refractivity contribution in [1.29, 1.82) is 0 Å². The molecule has 0 spiro atoms. The number of benzene rings is 8. The van der Waals surface area contributed by atoms with Gasteiger partial charge in [0.2, 0.25) is 0 Å². The molecular formula is C41H25OP. The Morgan fingerprint density at radius 1 is 0.442 bits per heavy atom. The standard InChI is InChI=1S/C41H25OP/c1-2-9-32-28(6-1)22-29-14-17-30(23-35(29)32)43(31-18-20-38-36(24-31)33-10-3-4-11-37(33)42-38)39-21-16-27-13-12-25-7-5-8-26-15-19-34(39)41(27)40(25)26/h1-21,23-24H,22H2. The molecule has 1 nitrogen and oxygen atoms in total. The lowest BCUT2D eigenvalue weighted by atomic mass is 9.94. The predicted molar refractivity (Wildman–Crippen MR) is 184 cm³/mol. The van der Waals surface area contributed by atoms with Gasteiger partial charge in [0.15, 0.2) is 0 Å². The second-order valence-electron chi connectivity index (χ2n) is 11.7. The summed E-state index contributed by atoms with van der Waals surface area (Å²) in [6, 6.07) is 52.0. The molecule has 0 radical (unpaired) electrons. The second kappa shape index (κ2) is 8.77. The number of fused-ring (bicyclic) bond motifs is 6. The molecule has 2 heteroatoms. The number of hydrogen-bond donors (Lipinski definition) is 0. The van der Waals surface area contributed by atoms with Gasteiger partial charge in [-0.1, -0.05) is 115 Å². The Balaban J connectivity index is 1.28. The summed E-state index contributed by atoms with van der Waals surface area (Å²) in [4.78, 5) is 0. The topological polar surface area (TPSA) is 13.1 Å². The van der Waals surface area contributed by atoms with Crippen molar-refractivity contribution in [2.45, 2.75) is 6.42 Å². The third-order valence-electron chi connectivity index (χ3n) is 9.41. The summed E-state index contributed by atoms with van der Waals surface area (Å²) in [6.07, 6.45) is 1.01. The van der Waals surface area contributed by atoms with Crippen molar-refractivity contribution in [3.63, 3.8) is 0 Å². The fourth-order valence-corrected chi connectivity index (χ4v) is 9.92. The van der Waals surface area contributed by atoms with E-state index in [2.05, 4.69) is 133 Å². The first-order chi connectivity index (χ1) is 21.3. The minimum Gasteiger partial charge on any atom is -0.456 e. The molecule has 200 valence electrons. The zero-order valence-corrected chi connectivity index (χ0v) is 24.2. The number of rotatable bonds is 3. The van der Waals surface area contributed by atoms with Crippen molar-refractivity contribution < 1.29 is 4.42 Å². The molecule has 8 aromatic carbocycles. The van der Waals surface area contributed by atoms with Crippen LogP contribution in [-0.2, 0) is 6.42 Å². The third-order valence-corrected chi connectivity index (χ3v) is 11.9. The smallest absolute Gasteiger partial charge is 0.135 e. The number of para-hydroxylation sites is 1. The maximum atomic E-state index is 6.25. The highest BCUT2D eigenvalue weighted by Crippen LogP contribution is 2.44. The van der Waals surface area contributed by atoms with Crippen LogP contribution in [0.2, 0.25) is 0 Å². The average Bonchev–Trinajstić information content (AvgIpc) is 3.62. The van der Waals surface area contributed by atoms with Crippen LogP contribution in [0.5, 0.6) is 0 Å². The van der Waals surface area contributed by atoms with E-state index in [1.54, 1.807) is 0 Å². The van der Waals surface area contributed by atoms with Gasteiger partial charge in [-0.2, -0.15) is 0 Å². The van der Waals surface area contributed by atoms with E-state index in [4.69, 9.17) is 4.42 Å². The monoisotopic (exact) mass is 564 g/mol. The van der Waals surface area contributed by atoms with E-state index < -0.39 is 7.92 Å². The highest BCUT2D eigenvalue weighted by atomic mass is 31.1. The Morgan fingerprint density at radius 2 is 1.14 bits per heavy atom. The molecule has 1 unspecified atom stereocenters. The SMILES string of the molecule is c1ccc2c(c1)Cc1ccc(P(c3ccc4oc5ccccc5c4c3)c3ccc4ccc5cccc6ccc3c4c56)cc1-2. The molecule has 0 saturated heterocycles. The van der Waals surface area contributed by atoms with Crippen molar-refractivity contribution >= 4 is 78.1 Å². The quantitative estimate of drug-likeness (QED) is 0.154. The van der Waals surface area contributed by atoms with Gasteiger partial charge < -0.3 is 4.42 Å². The van der Waals surface area contributed by atoms with Crippen molar-refractivity contribution in [1.82, 2.24) is 0 Å². The molecule has 10 rings (SSSR count). The summed E-state index contributed by atoms with van der Waals surface area (Å²) in [7, 11) is -0.870. The molecule has 43 heavy (non-hydrogen) atoms. The summed E-state index contributed by atoms with van der Waals surface area (Å²) in [6.45, 7) is 0. The lowest BCUT2D eigenvalue weighted by Gasteiger charge is -2.23. The molecule has 0 N–H and O–H groups in total. The minimum atomic E-state index is -0.870. The van der Waals surface area contributed by atoms with Crippen molar-refractivity contribution in [2.75, 3.05) is 0 Å². The van der Waals surface area contributed by atoms with Crippen LogP contribution < -0.4 is 15.9 Å². The Hall–Kier alpha value is -4.97. The van der Waals surface area contributed by atoms with Crippen LogP contribution in [0.25, 0.3) is 65.4 Å². The largest absolute Gasteiger partial charge is 0.456 e. The Bertz CT molecular complexity index is 2540. The van der Waals surface area contributed by atoms with E-state index in [-0.39, 0.29) is 0 Å². The highest BCUT2D eigenvalue weighted by Gasteiger charge is 2.25. The van der Waals surface area contributed by atoms with Crippen LogP contribution in [0.3, 0.4) is 0 Å². The molecule has 9 aromatic rings. The van der Waals surface area contributed by atoms with Gasteiger partial charge in [0.05, 0.1) is 0 Å². The maximum Gasteiger partial charge on any atom is 0.135 e. The molecular weight excluding hydrogens is 539 g/mol. The first-order valence-electron chi connectivity index (χ1n) is 14.9. The molecule has 1 aliphatic carbocycles. The molecule has 1 atom stereocenters. The van der Waals surface area contributed by atoms with Gasteiger partial charge in [-0.15, -0.1) is 0 Å². The van der Waals surface area contributed by atoms with Gasteiger partial charge >= 0.3 is 0 Å². The molecule has 0 fully saturated rings. The Labute approximate surface area is 250 Å². The highest BCUT2D eigenvalue weighted by molar-refractivity contribution is 7.80. The van der Waals surface area contributed by atoms with E-state index in [0.717, 1.165) is 17.6 Å². The van der Waals surface area contributed by atoms with Gasteiger partial charge in [0, 0.05) is 10.8 Å². The van der Waals surface area contributed by atoms with Crippen LogP contribution in [0.1, 0.15) is 11.1 Å². The number of hydrogen-bond acceptors (Lipinski definition) is 1. The normalized spacial score (nSPS) is 13.4. The molecule has 0 saturated carbocycles. The molecule has 0 aliphatic heterocycles. The van der Waals surface area contributed by atoms with Crippen molar-refractivity contribution in [2.24, 2.45) is 0 Å². The van der Waals surface area contributed by atoms with Gasteiger partial charge in [-0.05, 0) is 109 Å². The van der Waals surface area contributed by atoms with E-state index in [9.17, 15) is 0 Å². The van der Waals surface area contributed by atoms with E-state index in [1.165, 1.54) is 81.3 Å². The first-order valence-corrected chi connectivity index (χ1v) is 16.2. The van der Waals surface area contributed by atoms with Crippen LogP contribution in [0.4, 0.5) is 0 Å². The van der Waals surface area contributed by atoms with Crippen LogP contribution in [0, 0.1) is 0 Å². The van der Waals surface area contributed by atoms with Gasteiger partial charge in [-0.25, -0.2) is 0 Å². The fourth-order valence-electron chi connectivity index (χ4n) is 7.45. The van der Waals surface area contributed by atoms with Gasteiger partial charge in [0.1, 0.15) is 11.2 Å². The molecule has 1 aliphatic rings. The lowest BCUT2D eigenvalue weighted by molar-refractivity contribution is 0.669. The van der Waals surface area contributed by atoms with E-state index in [0.29, 0.717) is 0 Å². The molecule has 0 bridgehead atoms. The number of furan rings is 1. The van der Waals surface area contributed by atoms with E-state index >= 15 is 0 Å². The fraction of sp³-hybridized carbons (Fsp3) is 0.0244.